The zero-order valence-electron chi connectivity index (χ0n) is 22.1. The molecule has 33 heavy (non-hydrogen) atoms. The van der Waals surface area contributed by atoms with Crippen LogP contribution in [0.15, 0.2) is 11.6 Å². The molecule has 0 heterocycles. The van der Waals surface area contributed by atoms with Crippen molar-refractivity contribution >= 4 is 30.9 Å². The number of aliphatic hydroxyl groups is 1. The van der Waals surface area contributed by atoms with Crippen LogP contribution in [0.1, 0.15) is 86.0 Å². The summed E-state index contributed by atoms with van der Waals surface area (Å²) in [6, 6.07) is 0. The molecule has 4 aliphatic rings. The fourth-order valence-corrected chi connectivity index (χ4v) is 10.5. The Hall–Kier alpha value is 0.167. The quantitative estimate of drug-likeness (QED) is 0.121. The van der Waals surface area contributed by atoms with E-state index in [1.807, 2.05) is 0 Å². The SMILES string of the molecule is C#CC(O)(CI)[C@H]1CC[C@H]2[C@@H]3CC=C4C[C@@H](O[Si](C)(C)C(C)(C)C)CC[C@]4(C)[C@H]3CC[C@]12C. The molecule has 0 aromatic carbocycles. The molecule has 3 fully saturated rings. The molecule has 1 N–H and O–H groups in total. The van der Waals surface area contributed by atoms with E-state index in [0.717, 1.165) is 24.7 Å². The summed E-state index contributed by atoms with van der Waals surface area (Å²) in [5.41, 5.74) is 1.26. The minimum Gasteiger partial charge on any atom is -0.414 e. The molecule has 186 valence electrons. The van der Waals surface area contributed by atoms with Crippen LogP contribution in [0.3, 0.4) is 0 Å². The Morgan fingerprint density at radius 1 is 1.15 bits per heavy atom. The van der Waals surface area contributed by atoms with Gasteiger partial charge in [0.1, 0.15) is 5.60 Å². The van der Waals surface area contributed by atoms with E-state index in [0.29, 0.717) is 21.9 Å². The third-order valence-electron chi connectivity index (χ3n) is 11.4. The van der Waals surface area contributed by atoms with Crippen LogP contribution in [-0.4, -0.2) is 29.6 Å². The highest BCUT2D eigenvalue weighted by atomic mass is 127. The summed E-state index contributed by atoms with van der Waals surface area (Å²) < 4.78 is 7.52. The van der Waals surface area contributed by atoms with Crippen molar-refractivity contribution in [3.8, 4) is 12.3 Å². The molecule has 2 nitrogen and oxygen atoms in total. The van der Waals surface area contributed by atoms with Crippen LogP contribution in [0, 0.1) is 46.8 Å². The van der Waals surface area contributed by atoms with E-state index in [-0.39, 0.29) is 16.4 Å². The van der Waals surface area contributed by atoms with E-state index in [2.05, 4.69) is 82.3 Å². The molecule has 4 heteroatoms. The number of fused-ring (bicyclic) bond motifs is 5. The van der Waals surface area contributed by atoms with Gasteiger partial charge in [-0.05, 0) is 98.1 Å². The van der Waals surface area contributed by atoms with Crippen molar-refractivity contribution in [2.45, 2.75) is 116 Å². The van der Waals surface area contributed by atoms with Crippen LogP contribution in [0.2, 0.25) is 18.1 Å². The third-order valence-corrected chi connectivity index (χ3v) is 17.1. The van der Waals surface area contributed by atoms with Crippen molar-refractivity contribution in [1.82, 2.24) is 0 Å². The van der Waals surface area contributed by atoms with Crippen molar-refractivity contribution in [2.24, 2.45) is 34.5 Å². The molecular formula is C29H47IO2Si. The predicted octanol–water partition coefficient (Wildman–Crippen LogP) is 7.76. The van der Waals surface area contributed by atoms with Gasteiger partial charge in [0.15, 0.2) is 8.32 Å². The van der Waals surface area contributed by atoms with Gasteiger partial charge in [0, 0.05) is 16.4 Å². The Balaban J connectivity index is 1.54. The minimum atomic E-state index is -1.74. The van der Waals surface area contributed by atoms with E-state index in [9.17, 15) is 5.11 Å². The van der Waals surface area contributed by atoms with Gasteiger partial charge in [0.2, 0.25) is 0 Å². The Morgan fingerprint density at radius 2 is 1.85 bits per heavy atom. The Morgan fingerprint density at radius 3 is 2.45 bits per heavy atom. The van der Waals surface area contributed by atoms with E-state index >= 15 is 0 Å². The van der Waals surface area contributed by atoms with Gasteiger partial charge in [-0.1, -0.05) is 74.8 Å². The first-order valence-electron chi connectivity index (χ1n) is 13.4. The highest BCUT2D eigenvalue weighted by Gasteiger charge is 2.62. The number of hydrogen-bond donors (Lipinski definition) is 1. The topological polar surface area (TPSA) is 29.5 Å². The van der Waals surface area contributed by atoms with Crippen LogP contribution >= 0.6 is 22.6 Å². The monoisotopic (exact) mass is 582 g/mol. The Labute approximate surface area is 218 Å². The smallest absolute Gasteiger partial charge is 0.192 e. The van der Waals surface area contributed by atoms with Gasteiger partial charge in [-0.25, -0.2) is 0 Å². The van der Waals surface area contributed by atoms with E-state index in [4.69, 9.17) is 10.8 Å². The van der Waals surface area contributed by atoms with Crippen LogP contribution in [0.5, 0.6) is 0 Å². The van der Waals surface area contributed by atoms with Gasteiger partial charge in [-0.15, -0.1) is 6.42 Å². The summed E-state index contributed by atoms with van der Waals surface area (Å²) in [7, 11) is -1.74. The second kappa shape index (κ2) is 8.63. The maximum Gasteiger partial charge on any atom is 0.192 e. The molecule has 8 atom stereocenters. The predicted molar refractivity (Wildman–Crippen MR) is 150 cm³/mol. The van der Waals surface area contributed by atoms with E-state index < -0.39 is 13.9 Å². The summed E-state index contributed by atoms with van der Waals surface area (Å²) in [4.78, 5) is 0. The average molecular weight is 583 g/mol. The summed E-state index contributed by atoms with van der Waals surface area (Å²) in [6.07, 6.45) is 18.6. The lowest BCUT2D eigenvalue weighted by molar-refractivity contribution is -0.0802. The van der Waals surface area contributed by atoms with Crippen molar-refractivity contribution in [3.63, 3.8) is 0 Å². The zero-order valence-corrected chi connectivity index (χ0v) is 25.3. The third kappa shape index (κ3) is 4.13. The molecule has 0 amide bonds. The van der Waals surface area contributed by atoms with Gasteiger partial charge in [0.25, 0.3) is 0 Å². The summed E-state index contributed by atoms with van der Waals surface area (Å²) >= 11 is 2.29. The first-order chi connectivity index (χ1) is 15.2. The average Bonchev–Trinajstić information content (AvgIpc) is 3.10. The van der Waals surface area contributed by atoms with Crippen LogP contribution < -0.4 is 0 Å². The number of rotatable bonds is 4. The lowest BCUT2D eigenvalue weighted by atomic mass is 9.47. The maximum absolute atomic E-state index is 11.3. The van der Waals surface area contributed by atoms with Gasteiger partial charge < -0.3 is 9.53 Å². The fraction of sp³-hybridized carbons (Fsp3) is 0.862. The summed E-state index contributed by atoms with van der Waals surface area (Å²) in [5.74, 6) is 5.27. The molecule has 4 rings (SSSR count). The van der Waals surface area contributed by atoms with Crippen LogP contribution in [-0.2, 0) is 4.43 Å². The van der Waals surface area contributed by atoms with Crippen LogP contribution in [0.25, 0.3) is 0 Å². The molecule has 0 saturated heterocycles. The second-order valence-corrected chi connectivity index (χ2v) is 19.4. The normalized spacial score (nSPS) is 42.9. The molecule has 0 bridgehead atoms. The standard InChI is InChI=1S/C29H47IO2Si/c1-9-29(31,19-30)25-13-12-23-22-11-10-20-18-21(32-33(7,8)26(2,3)4)14-16-27(20,5)24(22)15-17-28(23,25)6/h1,10,21-25,31H,11-19H2,2-8H3/t21-,22-,23-,24-,25-,27-,28-,29?/m0/s1. The van der Waals surface area contributed by atoms with Crippen molar-refractivity contribution in [3.05, 3.63) is 11.6 Å². The van der Waals surface area contributed by atoms with E-state index in [1.165, 1.54) is 38.5 Å². The molecule has 0 radical (unpaired) electrons. The molecule has 4 aliphatic carbocycles. The largest absolute Gasteiger partial charge is 0.414 e. The highest BCUT2D eigenvalue weighted by molar-refractivity contribution is 14.1. The number of allylic oxidation sites excluding steroid dienone is 1. The molecule has 0 aromatic rings. The molecule has 0 aromatic heterocycles. The second-order valence-electron chi connectivity index (χ2n) is 13.9. The Kier molecular flexibility index (Phi) is 6.86. The first-order valence-corrected chi connectivity index (χ1v) is 17.8. The molecule has 0 spiro atoms. The molecular weight excluding hydrogens is 535 g/mol. The molecule has 0 aliphatic heterocycles. The van der Waals surface area contributed by atoms with Crippen molar-refractivity contribution in [1.29, 1.82) is 0 Å². The number of hydrogen-bond acceptors (Lipinski definition) is 2. The van der Waals surface area contributed by atoms with Crippen LogP contribution in [0.4, 0.5) is 0 Å². The highest BCUT2D eigenvalue weighted by Crippen LogP contribution is 2.67. The molecule has 3 saturated carbocycles. The molecule has 1 unspecified atom stereocenters. The number of terminal acetylenes is 1. The summed E-state index contributed by atoms with van der Waals surface area (Å²) in [5, 5.41) is 11.5. The van der Waals surface area contributed by atoms with Gasteiger partial charge in [-0.2, -0.15) is 0 Å². The summed E-state index contributed by atoms with van der Waals surface area (Å²) in [6.45, 7) is 16.9. The fourth-order valence-electron chi connectivity index (χ4n) is 8.34. The minimum absolute atomic E-state index is 0.178. The lowest BCUT2D eigenvalue weighted by Crippen LogP contribution is -2.54. The lowest BCUT2D eigenvalue weighted by Gasteiger charge is -2.59. The first kappa shape index (κ1) is 26.2. The Bertz CT molecular complexity index is 838. The van der Waals surface area contributed by atoms with Gasteiger partial charge in [0.05, 0.1) is 0 Å². The zero-order chi connectivity index (χ0) is 24.4. The van der Waals surface area contributed by atoms with Gasteiger partial charge >= 0.3 is 0 Å². The maximum atomic E-state index is 11.3. The van der Waals surface area contributed by atoms with E-state index in [1.54, 1.807) is 5.57 Å². The van der Waals surface area contributed by atoms with Gasteiger partial charge in [-0.3, -0.25) is 0 Å². The van der Waals surface area contributed by atoms with Crippen molar-refractivity contribution < 1.29 is 9.53 Å². The number of alkyl halides is 1. The number of halogens is 1. The van der Waals surface area contributed by atoms with Crippen molar-refractivity contribution in [2.75, 3.05) is 4.43 Å².